The van der Waals surface area contributed by atoms with Gasteiger partial charge in [-0.2, -0.15) is 18.2 Å². The lowest BCUT2D eigenvalue weighted by Gasteiger charge is -2.18. The minimum absolute atomic E-state index is 0.0573. The summed E-state index contributed by atoms with van der Waals surface area (Å²) in [4.78, 5) is 18.9. The first kappa shape index (κ1) is 24.8. The Bertz CT molecular complexity index is 1300. The number of sulfonamides is 1. The molecule has 0 saturated heterocycles. The minimum atomic E-state index is -4.71. The van der Waals surface area contributed by atoms with Crippen LogP contribution in [-0.4, -0.2) is 37.6 Å². The van der Waals surface area contributed by atoms with Crippen LogP contribution >= 0.6 is 0 Å². The third-order valence-corrected chi connectivity index (χ3v) is 5.96. The number of anilines is 4. The van der Waals surface area contributed by atoms with Gasteiger partial charge in [0.25, 0.3) is 0 Å². The Kier molecular flexibility index (Phi) is 6.96. The monoisotopic (exact) mass is 494 g/mol. The van der Waals surface area contributed by atoms with Gasteiger partial charge in [-0.25, -0.2) is 13.4 Å². The van der Waals surface area contributed by atoms with Gasteiger partial charge in [0.2, 0.25) is 21.9 Å². The average Bonchev–Trinajstić information content (AvgIpc) is 2.76. The molecule has 180 valence electrons. The molecule has 0 aliphatic heterocycles. The normalized spacial score (nSPS) is 11.7. The fraction of sp³-hybridized carbons (Fsp3) is 0.190. The highest BCUT2D eigenvalue weighted by Gasteiger charge is 2.35. The van der Waals surface area contributed by atoms with E-state index >= 15 is 0 Å². The van der Waals surface area contributed by atoms with Crippen LogP contribution in [0.5, 0.6) is 0 Å². The number of hydrogen-bond donors (Lipinski definition) is 3. The van der Waals surface area contributed by atoms with Crippen molar-refractivity contribution in [3.8, 4) is 0 Å². The SMILES string of the molecule is CN(c1cccc(CNc2nc(Nc3ccc(C(N)=O)cc3)ncc2C(F)(F)F)c1)S(C)(=O)=O. The van der Waals surface area contributed by atoms with Gasteiger partial charge in [0.1, 0.15) is 11.4 Å². The van der Waals surface area contributed by atoms with Gasteiger partial charge in [-0.3, -0.25) is 9.10 Å². The number of halogens is 3. The summed E-state index contributed by atoms with van der Waals surface area (Å²) >= 11 is 0. The topological polar surface area (TPSA) is 130 Å². The fourth-order valence-electron chi connectivity index (χ4n) is 2.87. The van der Waals surface area contributed by atoms with Crippen LogP contribution < -0.4 is 20.7 Å². The van der Waals surface area contributed by atoms with Crippen LogP contribution in [0.1, 0.15) is 21.5 Å². The molecule has 0 unspecified atom stereocenters. The van der Waals surface area contributed by atoms with Crippen molar-refractivity contribution in [3.05, 3.63) is 71.4 Å². The fourth-order valence-corrected chi connectivity index (χ4v) is 3.37. The van der Waals surface area contributed by atoms with E-state index < -0.39 is 33.5 Å². The highest BCUT2D eigenvalue weighted by atomic mass is 32.2. The molecule has 0 spiro atoms. The summed E-state index contributed by atoms with van der Waals surface area (Å²) in [7, 11) is -2.12. The molecule has 9 nitrogen and oxygen atoms in total. The standard InChI is InChI=1S/C21H21F3N6O3S/c1-30(34(2,32)33)16-5-3-4-13(10-16)11-26-19-17(21(22,23)24)12-27-20(29-19)28-15-8-6-14(7-9-15)18(25)31/h3-10,12H,11H2,1-2H3,(H2,25,31)(H2,26,27,28,29). The van der Waals surface area contributed by atoms with E-state index in [2.05, 4.69) is 20.6 Å². The van der Waals surface area contributed by atoms with Gasteiger partial charge in [-0.05, 0) is 42.0 Å². The molecule has 3 aromatic rings. The molecular weight excluding hydrogens is 473 g/mol. The van der Waals surface area contributed by atoms with Crippen LogP contribution in [0.3, 0.4) is 0 Å². The predicted octanol–water partition coefficient (Wildman–Crippen LogP) is 3.35. The largest absolute Gasteiger partial charge is 0.421 e. The number of carbonyl (C=O) groups excluding carboxylic acids is 1. The Morgan fingerprint density at radius 3 is 2.41 bits per heavy atom. The zero-order valence-corrected chi connectivity index (χ0v) is 18.9. The van der Waals surface area contributed by atoms with Gasteiger partial charge >= 0.3 is 6.18 Å². The molecule has 1 heterocycles. The van der Waals surface area contributed by atoms with Crippen molar-refractivity contribution in [3.63, 3.8) is 0 Å². The molecule has 0 atom stereocenters. The molecule has 1 aromatic heterocycles. The van der Waals surface area contributed by atoms with E-state index in [0.29, 0.717) is 23.1 Å². The van der Waals surface area contributed by atoms with Crippen LogP contribution in [0.25, 0.3) is 0 Å². The number of benzene rings is 2. The van der Waals surface area contributed by atoms with Crippen LogP contribution in [0, 0.1) is 0 Å². The van der Waals surface area contributed by atoms with E-state index in [4.69, 9.17) is 5.73 Å². The molecule has 0 radical (unpaired) electrons. The molecule has 0 bridgehead atoms. The minimum Gasteiger partial charge on any atom is -0.366 e. The second-order valence-electron chi connectivity index (χ2n) is 7.27. The van der Waals surface area contributed by atoms with Gasteiger partial charge in [0, 0.05) is 31.0 Å². The summed E-state index contributed by atoms with van der Waals surface area (Å²) in [5.74, 6) is -1.18. The molecule has 0 fully saturated rings. The number of nitrogens with zero attached hydrogens (tertiary/aromatic N) is 3. The third-order valence-electron chi connectivity index (χ3n) is 4.75. The van der Waals surface area contributed by atoms with Gasteiger partial charge in [-0.15, -0.1) is 0 Å². The number of alkyl halides is 3. The zero-order valence-electron chi connectivity index (χ0n) is 18.1. The molecule has 0 aliphatic rings. The molecule has 4 N–H and O–H groups in total. The maximum absolute atomic E-state index is 13.5. The smallest absolute Gasteiger partial charge is 0.366 e. The molecular formula is C21H21F3N6O3S. The highest BCUT2D eigenvalue weighted by Crippen LogP contribution is 2.34. The Morgan fingerprint density at radius 1 is 1.15 bits per heavy atom. The summed E-state index contributed by atoms with van der Waals surface area (Å²) in [6.45, 7) is -0.0573. The second-order valence-corrected chi connectivity index (χ2v) is 9.29. The van der Waals surface area contributed by atoms with E-state index in [1.54, 1.807) is 24.3 Å². The molecule has 2 aromatic carbocycles. The number of amides is 1. The van der Waals surface area contributed by atoms with Crippen molar-refractivity contribution in [2.45, 2.75) is 12.7 Å². The van der Waals surface area contributed by atoms with E-state index in [9.17, 15) is 26.4 Å². The zero-order chi connectivity index (χ0) is 25.1. The second kappa shape index (κ2) is 9.55. The lowest BCUT2D eigenvalue weighted by atomic mass is 10.2. The van der Waals surface area contributed by atoms with Crippen LogP contribution in [0.15, 0.2) is 54.7 Å². The number of aromatic nitrogens is 2. The number of primary amides is 1. The van der Waals surface area contributed by atoms with Crippen molar-refractivity contribution in [2.75, 3.05) is 28.2 Å². The lowest BCUT2D eigenvalue weighted by molar-refractivity contribution is -0.137. The molecule has 1 amide bonds. The quantitative estimate of drug-likeness (QED) is 0.438. The maximum Gasteiger partial charge on any atom is 0.421 e. The third kappa shape index (κ3) is 6.13. The Morgan fingerprint density at radius 2 is 1.82 bits per heavy atom. The number of carbonyl (C=O) groups is 1. The maximum atomic E-state index is 13.5. The summed E-state index contributed by atoms with van der Waals surface area (Å²) in [6.07, 6.45) is -3.00. The molecule has 0 saturated carbocycles. The Hall–Kier alpha value is -3.87. The first-order valence-electron chi connectivity index (χ1n) is 9.72. The van der Waals surface area contributed by atoms with Crippen LogP contribution in [-0.2, 0) is 22.7 Å². The summed E-state index contributed by atoms with van der Waals surface area (Å²) in [6, 6.07) is 12.3. The van der Waals surface area contributed by atoms with E-state index in [1.165, 1.54) is 31.3 Å². The van der Waals surface area contributed by atoms with E-state index in [-0.39, 0.29) is 18.1 Å². The first-order valence-corrected chi connectivity index (χ1v) is 11.6. The first-order chi connectivity index (χ1) is 15.8. The molecule has 13 heteroatoms. The average molecular weight is 494 g/mol. The van der Waals surface area contributed by atoms with Crippen molar-refractivity contribution in [1.29, 1.82) is 0 Å². The number of nitrogens with one attached hydrogen (secondary N) is 2. The number of rotatable bonds is 8. The van der Waals surface area contributed by atoms with Crippen LogP contribution in [0.4, 0.5) is 36.3 Å². The Labute approximate surface area is 193 Å². The van der Waals surface area contributed by atoms with Gasteiger partial charge in [0.15, 0.2) is 0 Å². The van der Waals surface area contributed by atoms with Crippen molar-refractivity contribution in [1.82, 2.24) is 9.97 Å². The van der Waals surface area contributed by atoms with Gasteiger partial charge in [-0.1, -0.05) is 12.1 Å². The molecule has 34 heavy (non-hydrogen) atoms. The Balaban J connectivity index is 1.84. The van der Waals surface area contributed by atoms with Gasteiger partial charge in [0.05, 0.1) is 11.9 Å². The van der Waals surface area contributed by atoms with Crippen molar-refractivity contribution < 1.29 is 26.4 Å². The summed E-state index contributed by atoms with van der Waals surface area (Å²) in [5.41, 5.74) is 5.73. The highest BCUT2D eigenvalue weighted by molar-refractivity contribution is 7.92. The number of hydrogen-bond acceptors (Lipinski definition) is 7. The van der Waals surface area contributed by atoms with E-state index in [0.717, 1.165) is 10.6 Å². The summed E-state index contributed by atoms with van der Waals surface area (Å²) < 4.78 is 65.1. The van der Waals surface area contributed by atoms with Crippen LogP contribution in [0.2, 0.25) is 0 Å². The van der Waals surface area contributed by atoms with Crippen molar-refractivity contribution >= 4 is 39.1 Å². The molecule has 3 rings (SSSR count). The number of nitrogens with two attached hydrogens (primary N) is 1. The summed E-state index contributed by atoms with van der Waals surface area (Å²) in [5, 5.41) is 5.42. The predicted molar refractivity (Wildman–Crippen MR) is 122 cm³/mol. The van der Waals surface area contributed by atoms with Gasteiger partial charge < -0.3 is 16.4 Å². The lowest BCUT2D eigenvalue weighted by Crippen LogP contribution is -2.24. The molecule has 0 aliphatic carbocycles. The van der Waals surface area contributed by atoms with E-state index in [1.807, 2.05) is 0 Å². The van der Waals surface area contributed by atoms with Crippen molar-refractivity contribution in [2.24, 2.45) is 5.73 Å².